The van der Waals surface area contributed by atoms with E-state index in [1.165, 1.54) is 12.2 Å². The number of hydrogen-bond donors (Lipinski definition) is 1. The summed E-state index contributed by atoms with van der Waals surface area (Å²) in [5.74, 6) is 1.30. The molecule has 0 amide bonds. The molecule has 0 atom stereocenters. The van der Waals surface area contributed by atoms with E-state index in [2.05, 4.69) is 23.5 Å². The maximum atomic E-state index is 9.08. The Morgan fingerprint density at radius 2 is 2.07 bits per heavy atom. The largest absolute Gasteiger partial charge is 0.748 e. The van der Waals surface area contributed by atoms with Crippen LogP contribution in [0.5, 0.6) is 0 Å². The lowest BCUT2D eigenvalue weighted by molar-refractivity contribution is -0.677. The number of rotatable bonds is 2. The Morgan fingerprint density at radius 1 is 1.57 bits per heavy atom. The first-order valence-corrected chi connectivity index (χ1v) is 6.09. The Labute approximate surface area is 84.5 Å². The van der Waals surface area contributed by atoms with Gasteiger partial charge in [0.2, 0.25) is 0 Å². The molecule has 0 aromatic carbocycles. The third-order valence-corrected chi connectivity index (χ3v) is 1.46. The molecule has 1 heterocycles. The lowest BCUT2D eigenvalue weighted by Crippen LogP contribution is -2.30. The first-order chi connectivity index (χ1) is 6.34. The van der Waals surface area contributed by atoms with Crippen LogP contribution in [0.2, 0.25) is 0 Å². The van der Waals surface area contributed by atoms with Crippen molar-refractivity contribution in [3.63, 3.8) is 0 Å². The number of nitrogens with one attached hydrogen (secondary N) is 1. The highest BCUT2D eigenvalue weighted by Crippen LogP contribution is 1.89. The molecule has 0 saturated heterocycles. The molecule has 0 aliphatic heterocycles. The molecule has 1 aromatic rings. The number of aromatic amines is 1. The number of imidazole rings is 1. The molecule has 6 heteroatoms. The zero-order valence-corrected chi connectivity index (χ0v) is 9.47. The molecule has 14 heavy (non-hydrogen) atoms. The number of H-pyrrole nitrogens is 1. The van der Waals surface area contributed by atoms with Crippen molar-refractivity contribution in [2.75, 3.05) is 6.26 Å². The Morgan fingerprint density at radius 3 is 2.36 bits per heavy atom. The highest BCUT2D eigenvalue weighted by Gasteiger charge is 2.02. The minimum Gasteiger partial charge on any atom is -0.748 e. The van der Waals surface area contributed by atoms with Crippen LogP contribution in [0.25, 0.3) is 0 Å². The highest BCUT2D eigenvalue weighted by atomic mass is 32.2. The van der Waals surface area contributed by atoms with Crippen LogP contribution >= 0.6 is 0 Å². The molecule has 82 valence electrons. The molecule has 0 fully saturated rings. The van der Waals surface area contributed by atoms with E-state index in [0.717, 1.165) is 6.42 Å². The van der Waals surface area contributed by atoms with Gasteiger partial charge in [-0.2, -0.15) is 0 Å². The summed E-state index contributed by atoms with van der Waals surface area (Å²) in [4.78, 5) is 3.17. The van der Waals surface area contributed by atoms with Gasteiger partial charge < -0.3 is 4.55 Å². The van der Waals surface area contributed by atoms with E-state index in [0.29, 0.717) is 6.26 Å². The second kappa shape index (κ2) is 5.77. The van der Waals surface area contributed by atoms with Crippen molar-refractivity contribution in [2.45, 2.75) is 19.8 Å². The van der Waals surface area contributed by atoms with Gasteiger partial charge in [0.15, 0.2) is 0 Å². The van der Waals surface area contributed by atoms with Crippen molar-refractivity contribution in [3.8, 4) is 0 Å². The molecule has 0 bridgehead atoms. The third kappa shape index (κ3) is 7.75. The average molecular weight is 220 g/mol. The topological polar surface area (TPSA) is 76.9 Å². The summed E-state index contributed by atoms with van der Waals surface area (Å²) in [7, 11) is -1.86. The van der Waals surface area contributed by atoms with Gasteiger partial charge in [-0.05, 0) is 6.42 Å². The molecule has 0 radical (unpaired) electrons. The van der Waals surface area contributed by atoms with E-state index in [-0.39, 0.29) is 0 Å². The first-order valence-electron chi connectivity index (χ1n) is 4.27. The summed E-state index contributed by atoms with van der Waals surface area (Å²) < 4.78 is 29.3. The van der Waals surface area contributed by atoms with E-state index in [9.17, 15) is 0 Å². The summed E-state index contributed by atoms with van der Waals surface area (Å²) in [6.07, 6.45) is 6.95. The monoisotopic (exact) mass is 220 g/mol. The lowest BCUT2D eigenvalue weighted by atomic mass is 10.3. The molecule has 1 rings (SSSR count). The van der Waals surface area contributed by atoms with Gasteiger partial charge in [-0.25, -0.2) is 18.0 Å². The second-order valence-electron chi connectivity index (χ2n) is 2.97. The van der Waals surface area contributed by atoms with Crippen molar-refractivity contribution in [2.24, 2.45) is 7.05 Å². The van der Waals surface area contributed by atoms with E-state index >= 15 is 0 Å². The molecule has 5 nitrogen and oxygen atoms in total. The fourth-order valence-corrected chi connectivity index (χ4v) is 0.922. The minimum absolute atomic E-state index is 0.604. The first kappa shape index (κ1) is 13.1. The van der Waals surface area contributed by atoms with Crippen LogP contribution in [-0.4, -0.2) is 24.2 Å². The number of nitrogens with zero attached hydrogens (tertiary/aromatic N) is 1. The highest BCUT2D eigenvalue weighted by molar-refractivity contribution is 7.84. The molecule has 0 spiro atoms. The van der Waals surface area contributed by atoms with Crippen LogP contribution in [0.4, 0.5) is 0 Å². The SMILES string of the molecule is CCCc1[nH]cc[n+]1C.CS(=O)(=O)[O-]. The van der Waals surface area contributed by atoms with Gasteiger partial charge in [0.1, 0.15) is 12.4 Å². The van der Waals surface area contributed by atoms with Gasteiger partial charge in [0.05, 0.1) is 17.2 Å². The maximum Gasteiger partial charge on any atom is 0.253 e. The van der Waals surface area contributed by atoms with E-state index in [1.807, 2.05) is 12.4 Å². The fourth-order valence-electron chi connectivity index (χ4n) is 0.922. The summed E-state index contributed by atoms with van der Waals surface area (Å²) in [6, 6.07) is 0. The van der Waals surface area contributed by atoms with Gasteiger partial charge in [-0.15, -0.1) is 0 Å². The molecule has 0 saturated carbocycles. The van der Waals surface area contributed by atoms with Crippen LogP contribution in [-0.2, 0) is 23.6 Å². The van der Waals surface area contributed by atoms with Crippen molar-refractivity contribution < 1.29 is 17.5 Å². The second-order valence-corrected chi connectivity index (χ2v) is 4.38. The van der Waals surface area contributed by atoms with Crippen molar-refractivity contribution in [1.29, 1.82) is 0 Å². The Bertz CT molecular complexity index is 348. The summed E-state index contributed by atoms with van der Waals surface area (Å²) in [5.41, 5.74) is 0. The van der Waals surface area contributed by atoms with Crippen molar-refractivity contribution in [1.82, 2.24) is 4.98 Å². The zero-order valence-electron chi connectivity index (χ0n) is 8.65. The van der Waals surface area contributed by atoms with Gasteiger partial charge in [0, 0.05) is 12.7 Å². The van der Waals surface area contributed by atoms with Gasteiger partial charge in [-0.1, -0.05) is 6.92 Å². The minimum atomic E-state index is -3.92. The number of hydrogen-bond acceptors (Lipinski definition) is 3. The quantitative estimate of drug-likeness (QED) is 0.561. The van der Waals surface area contributed by atoms with Crippen LogP contribution in [0, 0.1) is 0 Å². The van der Waals surface area contributed by atoms with E-state index in [1.54, 1.807) is 0 Å². The van der Waals surface area contributed by atoms with Crippen LogP contribution in [0.3, 0.4) is 0 Å². The number of aromatic nitrogens is 2. The zero-order chi connectivity index (χ0) is 11.2. The molecule has 0 aliphatic carbocycles. The Kier molecular flexibility index (Phi) is 5.40. The third-order valence-electron chi connectivity index (χ3n) is 1.46. The smallest absolute Gasteiger partial charge is 0.253 e. The van der Waals surface area contributed by atoms with Gasteiger partial charge in [-0.3, -0.25) is 0 Å². The Balaban J connectivity index is 0.000000292. The predicted molar refractivity (Wildman–Crippen MR) is 51.6 cm³/mol. The van der Waals surface area contributed by atoms with Crippen molar-refractivity contribution in [3.05, 3.63) is 18.2 Å². The molecule has 0 aliphatic rings. The molecule has 0 unspecified atom stereocenters. The van der Waals surface area contributed by atoms with E-state index in [4.69, 9.17) is 13.0 Å². The number of aryl methyl sites for hydroxylation is 2. The van der Waals surface area contributed by atoms with Gasteiger partial charge >= 0.3 is 0 Å². The predicted octanol–water partition coefficient (Wildman–Crippen LogP) is -0.0469. The summed E-state index contributed by atoms with van der Waals surface area (Å²) >= 11 is 0. The van der Waals surface area contributed by atoms with Crippen LogP contribution in [0.15, 0.2) is 12.4 Å². The Hall–Kier alpha value is -0.880. The normalized spacial score (nSPS) is 10.6. The van der Waals surface area contributed by atoms with Crippen LogP contribution in [0.1, 0.15) is 19.2 Å². The average Bonchev–Trinajstić information content (AvgIpc) is 2.34. The lowest BCUT2D eigenvalue weighted by Gasteiger charge is -1.90. The summed E-state index contributed by atoms with van der Waals surface area (Å²) in [6.45, 7) is 2.18. The molecular weight excluding hydrogens is 204 g/mol. The van der Waals surface area contributed by atoms with Crippen molar-refractivity contribution >= 4 is 10.1 Å². The molecular formula is C8H16N2O3S. The standard InChI is InChI=1S/C7H12N2.CH4O3S/c1-3-4-7-8-5-6-9(7)2;1-5(2,3)4/h5-6H,3-4H2,1-2H3;1H3,(H,2,3,4). The van der Waals surface area contributed by atoms with Gasteiger partial charge in [0.25, 0.3) is 5.82 Å². The fraction of sp³-hybridized carbons (Fsp3) is 0.625. The molecule has 1 N–H and O–H groups in total. The maximum absolute atomic E-state index is 9.08. The van der Waals surface area contributed by atoms with E-state index < -0.39 is 10.1 Å². The summed E-state index contributed by atoms with van der Waals surface area (Å²) in [5, 5.41) is 0. The molecule has 1 aromatic heterocycles. The van der Waals surface area contributed by atoms with Crippen LogP contribution < -0.4 is 4.57 Å².